The molecule has 0 bridgehead atoms. The van der Waals surface area contributed by atoms with Crippen molar-refractivity contribution < 1.29 is 4.74 Å². The number of allylic oxidation sites excluding steroid dienone is 1. The van der Waals surface area contributed by atoms with Crippen molar-refractivity contribution >= 4 is 10.9 Å². The standard InChI is InChI=1S/C25H17N3O2/c26-14-19-21(17-12-10-16(11-13-17)15-6-2-1-3-7-15)22-23(30-24(19)27)18-8-4-5-9-20(18)28-25(22)29/h1-13,21H,27H2,(H,28,29). The van der Waals surface area contributed by atoms with Gasteiger partial charge in [0.25, 0.3) is 5.56 Å². The van der Waals surface area contributed by atoms with Crippen LogP contribution in [-0.4, -0.2) is 4.98 Å². The summed E-state index contributed by atoms with van der Waals surface area (Å²) in [6.45, 7) is 0. The Labute approximate surface area is 172 Å². The molecule has 5 nitrogen and oxygen atoms in total. The number of fused-ring (bicyclic) bond motifs is 3. The van der Waals surface area contributed by atoms with E-state index in [4.69, 9.17) is 10.5 Å². The quantitative estimate of drug-likeness (QED) is 0.529. The average Bonchev–Trinajstić information content (AvgIpc) is 2.79. The third-order valence-electron chi connectivity index (χ3n) is 5.44. The molecule has 0 saturated carbocycles. The number of benzene rings is 3. The highest BCUT2D eigenvalue weighted by molar-refractivity contribution is 5.87. The van der Waals surface area contributed by atoms with E-state index in [-0.39, 0.29) is 17.0 Å². The summed E-state index contributed by atoms with van der Waals surface area (Å²) in [4.78, 5) is 15.9. The van der Waals surface area contributed by atoms with E-state index in [1.165, 1.54) is 0 Å². The number of aromatic nitrogens is 1. The third-order valence-corrected chi connectivity index (χ3v) is 5.44. The summed E-state index contributed by atoms with van der Waals surface area (Å²) in [7, 11) is 0. The molecule has 1 aromatic heterocycles. The Morgan fingerprint density at radius 3 is 2.30 bits per heavy atom. The summed E-state index contributed by atoms with van der Waals surface area (Å²) >= 11 is 0. The van der Waals surface area contributed by atoms with E-state index in [0.29, 0.717) is 16.8 Å². The Hall–Kier alpha value is -4.30. The number of ether oxygens (including phenoxy) is 1. The SMILES string of the molecule is N#CC1=C(N)Oc2c(c(=O)[nH]c3ccccc23)C1c1ccc(-c2ccccc2)cc1. The summed E-state index contributed by atoms with van der Waals surface area (Å²) in [5, 5.41) is 10.5. The van der Waals surface area contributed by atoms with Crippen LogP contribution < -0.4 is 16.0 Å². The second-order valence-corrected chi connectivity index (χ2v) is 7.16. The van der Waals surface area contributed by atoms with Gasteiger partial charge in [0, 0.05) is 5.39 Å². The number of nitriles is 1. The molecule has 2 heterocycles. The van der Waals surface area contributed by atoms with Gasteiger partial charge in [-0.3, -0.25) is 4.79 Å². The van der Waals surface area contributed by atoms with Crippen LogP contribution >= 0.6 is 0 Å². The number of hydrogen-bond donors (Lipinski definition) is 2. The second-order valence-electron chi connectivity index (χ2n) is 7.16. The molecule has 1 atom stereocenters. The lowest BCUT2D eigenvalue weighted by Gasteiger charge is -2.26. The molecule has 3 N–H and O–H groups in total. The number of nitrogens with zero attached hydrogens (tertiary/aromatic N) is 1. The van der Waals surface area contributed by atoms with Gasteiger partial charge in [0.2, 0.25) is 5.88 Å². The lowest BCUT2D eigenvalue weighted by Crippen LogP contribution is -2.27. The van der Waals surface area contributed by atoms with E-state index < -0.39 is 5.92 Å². The molecule has 5 heteroatoms. The zero-order valence-corrected chi connectivity index (χ0v) is 15.9. The molecule has 0 radical (unpaired) electrons. The molecule has 0 amide bonds. The predicted molar refractivity (Wildman–Crippen MR) is 116 cm³/mol. The Morgan fingerprint density at radius 1 is 0.900 bits per heavy atom. The molecule has 0 saturated heterocycles. The van der Waals surface area contributed by atoms with Gasteiger partial charge in [0.15, 0.2) is 0 Å². The van der Waals surface area contributed by atoms with Crippen LogP contribution in [0, 0.1) is 11.3 Å². The van der Waals surface area contributed by atoms with Crippen molar-refractivity contribution in [2.24, 2.45) is 5.73 Å². The van der Waals surface area contributed by atoms with Gasteiger partial charge < -0.3 is 15.5 Å². The molecule has 30 heavy (non-hydrogen) atoms. The topological polar surface area (TPSA) is 91.9 Å². The van der Waals surface area contributed by atoms with Crippen LogP contribution in [0.5, 0.6) is 5.75 Å². The first-order chi connectivity index (χ1) is 14.7. The first kappa shape index (κ1) is 17.8. The minimum atomic E-state index is -0.600. The summed E-state index contributed by atoms with van der Waals surface area (Å²) in [6.07, 6.45) is 0. The van der Waals surface area contributed by atoms with E-state index in [1.54, 1.807) is 0 Å². The minimum absolute atomic E-state index is 0.0258. The van der Waals surface area contributed by atoms with Crippen LogP contribution in [0.2, 0.25) is 0 Å². The van der Waals surface area contributed by atoms with E-state index in [2.05, 4.69) is 11.1 Å². The van der Waals surface area contributed by atoms with E-state index in [9.17, 15) is 10.1 Å². The molecule has 144 valence electrons. The van der Waals surface area contributed by atoms with Crippen molar-refractivity contribution in [2.75, 3.05) is 0 Å². The highest BCUT2D eigenvalue weighted by atomic mass is 16.5. The molecule has 0 fully saturated rings. The number of hydrogen-bond acceptors (Lipinski definition) is 4. The number of nitrogens with two attached hydrogens (primary N) is 1. The average molecular weight is 391 g/mol. The highest BCUT2D eigenvalue weighted by Crippen LogP contribution is 2.43. The largest absolute Gasteiger partial charge is 0.439 e. The maximum Gasteiger partial charge on any atom is 0.256 e. The summed E-state index contributed by atoms with van der Waals surface area (Å²) in [5.74, 6) is -0.169. The van der Waals surface area contributed by atoms with Gasteiger partial charge >= 0.3 is 0 Å². The monoisotopic (exact) mass is 391 g/mol. The van der Waals surface area contributed by atoms with E-state index in [0.717, 1.165) is 22.1 Å². The number of aromatic amines is 1. The van der Waals surface area contributed by atoms with Crippen LogP contribution in [0.3, 0.4) is 0 Å². The van der Waals surface area contributed by atoms with Crippen molar-refractivity contribution in [3.05, 3.63) is 112 Å². The molecule has 0 aliphatic carbocycles. The van der Waals surface area contributed by atoms with Gasteiger partial charge in [-0.15, -0.1) is 0 Å². The van der Waals surface area contributed by atoms with Crippen molar-refractivity contribution in [3.63, 3.8) is 0 Å². The lowest BCUT2D eigenvalue weighted by atomic mass is 9.83. The fourth-order valence-electron chi connectivity index (χ4n) is 4.00. The van der Waals surface area contributed by atoms with Crippen LogP contribution in [0.1, 0.15) is 17.0 Å². The van der Waals surface area contributed by atoms with Crippen LogP contribution in [0.15, 0.2) is 95.1 Å². The number of para-hydroxylation sites is 1. The highest BCUT2D eigenvalue weighted by Gasteiger charge is 2.34. The van der Waals surface area contributed by atoms with Gasteiger partial charge in [0.05, 0.1) is 17.0 Å². The molecule has 4 aromatic rings. The first-order valence-corrected chi connectivity index (χ1v) is 9.55. The van der Waals surface area contributed by atoms with Gasteiger partial charge in [-0.1, -0.05) is 66.7 Å². The summed E-state index contributed by atoms with van der Waals surface area (Å²) < 4.78 is 5.79. The predicted octanol–water partition coefficient (Wildman–Crippen LogP) is 4.41. The zero-order valence-electron chi connectivity index (χ0n) is 15.9. The smallest absolute Gasteiger partial charge is 0.256 e. The number of H-pyrrole nitrogens is 1. The number of pyridine rings is 1. The van der Waals surface area contributed by atoms with Crippen molar-refractivity contribution in [2.45, 2.75) is 5.92 Å². The fourth-order valence-corrected chi connectivity index (χ4v) is 4.00. The Balaban J connectivity index is 1.71. The molecule has 1 aliphatic rings. The number of rotatable bonds is 2. The minimum Gasteiger partial charge on any atom is -0.439 e. The van der Waals surface area contributed by atoms with Crippen LogP contribution in [-0.2, 0) is 0 Å². The zero-order chi connectivity index (χ0) is 20.7. The maximum absolute atomic E-state index is 13.0. The number of nitrogens with one attached hydrogen (secondary N) is 1. The normalized spacial score (nSPS) is 15.4. The molecule has 5 rings (SSSR count). The third kappa shape index (κ3) is 2.75. The maximum atomic E-state index is 13.0. The molecule has 0 spiro atoms. The summed E-state index contributed by atoms with van der Waals surface area (Å²) in [6, 6.07) is 27.4. The van der Waals surface area contributed by atoms with Crippen molar-refractivity contribution in [3.8, 4) is 22.9 Å². The first-order valence-electron chi connectivity index (χ1n) is 9.55. The Kier molecular flexibility index (Phi) is 4.11. The van der Waals surface area contributed by atoms with Gasteiger partial charge in [-0.25, -0.2) is 0 Å². The molecular weight excluding hydrogens is 374 g/mol. The summed E-state index contributed by atoms with van der Waals surface area (Å²) in [5.41, 5.74) is 10.1. The van der Waals surface area contributed by atoms with Crippen molar-refractivity contribution in [1.82, 2.24) is 4.98 Å². The van der Waals surface area contributed by atoms with E-state index >= 15 is 0 Å². The fraction of sp³-hybridized carbons (Fsp3) is 0.0400. The molecule has 1 unspecified atom stereocenters. The molecule has 3 aromatic carbocycles. The Bertz CT molecular complexity index is 1390. The molecule has 1 aliphatic heterocycles. The van der Waals surface area contributed by atoms with Gasteiger partial charge in [-0.05, 0) is 28.8 Å². The van der Waals surface area contributed by atoms with Gasteiger partial charge in [0.1, 0.15) is 17.4 Å². The molecular formula is C25H17N3O2. The lowest BCUT2D eigenvalue weighted by molar-refractivity contribution is 0.397. The Morgan fingerprint density at radius 2 is 1.57 bits per heavy atom. The van der Waals surface area contributed by atoms with Gasteiger partial charge in [-0.2, -0.15) is 5.26 Å². The second kappa shape index (κ2) is 6.94. The van der Waals surface area contributed by atoms with E-state index in [1.807, 2.05) is 78.9 Å². The van der Waals surface area contributed by atoms with Crippen LogP contribution in [0.25, 0.3) is 22.0 Å². The van der Waals surface area contributed by atoms with Crippen molar-refractivity contribution in [1.29, 1.82) is 5.26 Å². The van der Waals surface area contributed by atoms with Crippen LogP contribution in [0.4, 0.5) is 0 Å².